The standard InChI is InChI=1S/C18H23NO5/c1-3-11-24-15-7-5-14(6-8-15)16(20)19-10-4-9-18(12-19,13-23-2)17(21)22/h3,5-8H,1,4,9-13H2,2H3,(H,21,22). The number of ether oxygens (including phenoxy) is 2. The second kappa shape index (κ2) is 7.97. The minimum absolute atomic E-state index is 0.0977. The molecule has 1 saturated heterocycles. The van der Waals surface area contributed by atoms with E-state index in [9.17, 15) is 14.7 Å². The van der Waals surface area contributed by atoms with E-state index < -0.39 is 11.4 Å². The molecular formula is C18H23NO5. The third-order valence-corrected chi connectivity index (χ3v) is 4.21. The second-order valence-electron chi connectivity index (χ2n) is 5.97. The molecule has 1 aromatic rings. The number of carboxylic acid groups (broad SMARTS) is 1. The van der Waals surface area contributed by atoms with Gasteiger partial charge in [-0.05, 0) is 37.1 Å². The summed E-state index contributed by atoms with van der Waals surface area (Å²) in [5.41, 5.74) is -0.519. The SMILES string of the molecule is C=CCOc1ccc(C(=O)N2CCCC(COC)(C(=O)O)C2)cc1. The molecule has 24 heavy (non-hydrogen) atoms. The minimum atomic E-state index is -1.03. The zero-order valence-corrected chi connectivity index (χ0v) is 13.9. The maximum Gasteiger partial charge on any atom is 0.313 e. The summed E-state index contributed by atoms with van der Waals surface area (Å²) in [5, 5.41) is 9.57. The molecule has 1 aliphatic heterocycles. The fourth-order valence-electron chi connectivity index (χ4n) is 2.97. The van der Waals surface area contributed by atoms with Crippen LogP contribution in [0, 0.1) is 5.41 Å². The van der Waals surface area contributed by atoms with Crippen molar-refractivity contribution in [3.05, 3.63) is 42.5 Å². The van der Waals surface area contributed by atoms with Gasteiger partial charge in [0.25, 0.3) is 5.91 Å². The lowest BCUT2D eigenvalue weighted by molar-refractivity contribution is -0.155. The highest BCUT2D eigenvalue weighted by Gasteiger charge is 2.43. The maximum absolute atomic E-state index is 12.7. The van der Waals surface area contributed by atoms with Crippen molar-refractivity contribution in [2.75, 3.05) is 33.4 Å². The third kappa shape index (κ3) is 3.94. The van der Waals surface area contributed by atoms with Crippen LogP contribution in [0.25, 0.3) is 0 Å². The lowest BCUT2D eigenvalue weighted by atomic mass is 9.80. The van der Waals surface area contributed by atoms with Crippen LogP contribution in [0.2, 0.25) is 0 Å². The Hall–Kier alpha value is -2.34. The molecule has 0 bridgehead atoms. The van der Waals surface area contributed by atoms with E-state index in [1.165, 1.54) is 7.11 Å². The van der Waals surface area contributed by atoms with Crippen molar-refractivity contribution in [1.82, 2.24) is 4.90 Å². The molecule has 1 aliphatic rings. The van der Waals surface area contributed by atoms with Gasteiger partial charge in [-0.1, -0.05) is 12.7 Å². The van der Waals surface area contributed by atoms with E-state index in [0.29, 0.717) is 37.3 Å². The Labute approximate surface area is 141 Å². The number of benzene rings is 1. The Kier molecular flexibility index (Phi) is 5.98. The summed E-state index contributed by atoms with van der Waals surface area (Å²) < 4.78 is 10.5. The van der Waals surface area contributed by atoms with E-state index in [1.807, 2.05) is 0 Å². The molecule has 1 amide bonds. The number of carboxylic acids is 1. The van der Waals surface area contributed by atoms with Crippen molar-refractivity contribution in [2.24, 2.45) is 5.41 Å². The fourth-order valence-corrected chi connectivity index (χ4v) is 2.97. The van der Waals surface area contributed by atoms with Crippen LogP contribution >= 0.6 is 0 Å². The maximum atomic E-state index is 12.7. The van der Waals surface area contributed by atoms with Gasteiger partial charge >= 0.3 is 5.97 Å². The predicted octanol–water partition coefficient (Wildman–Crippen LogP) is 2.20. The zero-order valence-electron chi connectivity index (χ0n) is 13.9. The second-order valence-corrected chi connectivity index (χ2v) is 5.97. The van der Waals surface area contributed by atoms with E-state index in [1.54, 1.807) is 35.2 Å². The summed E-state index contributed by atoms with van der Waals surface area (Å²) in [6.45, 7) is 4.78. The molecule has 0 spiro atoms. The topological polar surface area (TPSA) is 76.1 Å². The molecular weight excluding hydrogens is 310 g/mol. The van der Waals surface area contributed by atoms with E-state index in [4.69, 9.17) is 9.47 Å². The summed E-state index contributed by atoms with van der Waals surface area (Å²) in [6, 6.07) is 6.82. The summed E-state index contributed by atoms with van der Waals surface area (Å²) in [6.07, 6.45) is 2.80. The van der Waals surface area contributed by atoms with Crippen LogP contribution in [0.3, 0.4) is 0 Å². The minimum Gasteiger partial charge on any atom is -0.490 e. The third-order valence-electron chi connectivity index (χ3n) is 4.21. The number of carbonyl (C=O) groups is 2. The summed E-state index contributed by atoms with van der Waals surface area (Å²) in [7, 11) is 1.48. The van der Waals surface area contributed by atoms with Crippen molar-refractivity contribution >= 4 is 11.9 Å². The van der Waals surface area contributed by atoms with Gasteiger partial charge in [0.15, 0.2) is 0 Å². The van der Waals surface area contributed by atoms with Gasteiger partial charge < -0.3 is 19.5 Å². The van der Waals surface area contributed by atoms with Crippen LogP contribution in [-0.2, 0) is 9.53 Å². The lowest BCUT2D eigenvalue weighted by Crippen LogP contribution is -2.52. The Bertz CT molecular complexity index is 594. The van der Waals surface area contributed by atoms with Gasteiger partial charge in [-0.3, -0.25) is 9.59 Å². The van der Waals surface area contributed by atoms with Crippen LogP contribution in [0.1, 0.15) is 23.2 Å². The van der Waals surface area contributed by atoms with Gasteiger partial charge in [0.1, 0.15) is 17.8 Å². The van der Waals surface area contributed by atoms with Gasteiger partial charge in [-0.15, -0.1) is 0 Å². The van der Waals surface area contributed by atoms with Crippen molar-refractivity contribution in [3.63, 3.8) is 0 Å². The van der Waals surface area contributed by atoms with Crippen LogP contribution in [0.4, 0.5) is 0 Å². The van der Waals surface area contributed by atoms with Crippen molar-refractivity contribution < 1.29 is 24.2 Å². The fraction of sp³-hybridized carbons (Fsp3) is 0.444. The molecule has 1 N–H and O–H groups in total. The first-order valence-electron chi connectivity index (χ1n) is 7.88. The molecule has 2 rings (SSSR count). The van der Waals surface area contributed by atoms with Gasteiger partial charge in [0.2, 0.25) is 0 Å². The largest absolute Gasteiger partial charge is 0.490 e. The molecule has 1 unspecified atom stereocenters. The number of carbonyl (C=O) groups excluding carboxylic acids is 1. The zero-order chi connectivity index (χ0) is 17.6. The van der Waals surface area contributed by atoms with Crippen LogP contribution in [0.5, 0.6) is 5.75 Å². The van der Waals surface area contributed by atoms with Crippen molar-refractivity contribution in [2.45, 2.75) is 12.8 Å². The number of hydrogen-bond acceptors (Lipinski definition) is 4. The highest BCUT2D eigenvalue weighted by Crippen LogP contribution is 2.31. The Balaban J connectivity index is 2.11. The molecule has 0 radical (unpaired) electrons. The lowest BCUT2D eigenvalue weighted by Gasteiger charge is -2.39. The normalized spacial score (nSPS) is 20.5. The molecule has 6 nitrogen and oxygen atoms in total. The number of amides is 1. The average Bonchev–Trinajstić information content (AvgIpc) is 2.60. The van der Waals surface area contributed by atoms with Gasteiger partial charge in [-0.2, -0.15) is 0 Å². The number of rotatable bonds is 7. The quantitative estimate of drug-likeness (QED) is 0.774. The van der Waals surface area contributed by atoms with Crippen molar-refractivity contribution in [1.29, 1.82) is 0 Å². The predicted molar refractivity (Wildman–Crippen MR) is 89.2 cm³/mol. The Morgan fingerprint density at radius 2 is 2.08 bits per heavy atom. The first kappa shape index (κ1) is 18.0. The highest BCUT2D eigenvalue weighted by molar-refractivity contribution is 5.95. The average molecular weight is 333 g/mol. The van der Waals surface area contributed by atoms with E-state index in [-0.39, 0.29) is 19.1 Å². The number of piperidine rings is 1. The molecule has 6 heteroatoms. The highest BCUT2D eigenvalue weighted by atomic mass is 16.5. The van der Waals surface area contributed by atoms with Crippen LogP contribution < -0.4 is 4.74 Å². The number of hydrogen-bond donors (Lipinski definition) is 1. The van der Waals surface area contributed by atoms with Gasteiger partial charge in [0.05, 0.1) is 6.61 Å². The number of nitrogens with zero attached hydrogens (tertiary/aromatic N) is 1. The summed E-state index contributed by atoms with van der Waals surface area (Å²) >= 11 is 0. The smallest absolute Gasteiger partial charge is 0.313 e. The first-order chi connectivity index (χ1) is 11.5. The number of methoxy groups -OCH3 is 1. The first-order valence-corrected chi connectivity index (χ1v) is 7.88. The molecule has 130 valence electrons. The van der Waals surface area contributed by atoms with E-state index in [2.05, 4.69) is 6.58 Å². The molecule has 1 heterocycles. The van der Waals surface area contributed by atoms with Crippen LogP contribution in [-0.4, -0.2) is 55.3 Å². The Morgan fingerprint density at radius 1 is 1.38 bits per heavy atom. The summed E-state index contributed by atoms with van der Waals surface area (Å²) in [5.74, 6) is -0.439. The van der Waals surface area contributed by atoms with Gasteiger partial charge in [0, 0.05) is 25.8 Å². The van der Waals surface area contributed by atoms with Crippen molar-refractivity contribution in [3.8, 4) is 5.75 Å². The van der Waals surface area contributed by atoms with Crippen LogP contribution in [0.15, 0.2) is 36.9 Å². The molecule has 0 saturated carbocycles. The molecule has 0 aliphatic carbocycles. The van der Waals surface area contributed by atoms with Gasteiger partial charge in [-0.25, -0.2) is 0 Å². The Morgan fingerprint density at radius 3 is 2.67 bits per heavy atom. The monoisotopic (exact) mass is 333 g/mol. The molecule has 1 atom stereocenters. The molecule has 1 fully saturated rings. The molecule has 1 aromatic carbocycles. The number of aliphatic carboxylic acids is 1. The van der Waals surface area contributed by atoms with E-state index in [0.717, 1.165) is 0 Å². The number of likely N-dealkylation sites (tertiary alicyclic amines) is 1. The summed E-state index contributed by atoms with van der Waals surface area (Å²) in [4.78, 5) is 25.9. The van der Waals surface area contributed by atoms with E-state index >= 15 is 0 Å². The molecule has 0 aromatic heterocycles.